The average Bonchev–Trinajstić information content (AvgIpc) is 2.47. The lowest BCUT2D eigenvalue weighted by molar-refractivity contribution is 0.456. The molecule has 1 aromatic heterocycles. The second-order valence-corrected chi connectivity index (χ2v) is 3.67. The van der Waals surface area contributed by atoms with Gasteiger partial charge < -0.3 is 9.73 Å². The van der Waals surface area contributed by atoms with Crippen molar-refractivity contribution < 1.29 is 4.42 Å². The molecule has 0 saturated carbocycles. The molecule has 0 aliphatic carbocycles. The minimum Gasteiger partial charge on any atom is -0.454 e. The van der Waals surface area contributed by atoms with Crippen molar-refractivity contribution >= 4 is 22.6 Å². The van der Waals surface area contributed by atoms with E-state index in [-0.39, 0.29) is 0 Å². The van der Waals surface area contributed by atoms with Gasteiger partial charge in [-0.1, -0.05) is 6.08 Å². The fourth-order valence-electron chi connectivity index (χ4n) is 0.792. The lowest BCUT2D eigenvalue weighted by Crippen LogP contribution is -2.22. The SMILES string of the molecule is C=CC(C)NCc1ccc(I)o1. The molecule has 12 heavy (non-hydrogen) atoms. The molecule has 1 atom stereocenters. The summed E-state index contributed by atoms with van der Waals surface area (Å²) in [6.07, 6.45) is 1.87. The van der Waals surface area contributed by atoms with E-state index in [1.165, 1.54) is 0 Å². The summed E-state index contributed by atoms with van der Waals surface area (Å²) in [4.78, 5) is 0. The molecular weight excluding hydrogens is 265 g/mol. The monoisotopic (exact) mass is 277 g/mol. The average molecular weight is 277 g/mol. The topological polar surface area (TPSA) is 25.2 Å². The van der Waals surface area contributed by atoms with Gasteiger partial charge in [-0.15, -0.1) is 6.58 Å². The van der Waals surface area contributed by atoms with Crippen molar-refractivity contribution in [2.24, 2.45) is 0 Å². The molecule has 0 amide bonds. The molecule has 2 nitrogen and oxygen atoms in total. The molecule has 0 bridgehead atoms. The highest BCUT2D eigenvalue weighted by Gasteiger charge is 1.99. The summed E-state index contributed by atoms with van der Waals surface area (Å²) in [6.45, 7) is 6.50. The van der Waals surface area contributed by atoms with E-state index >= 15 is 0 Å². The highest BCUT2D eigenvalue weighted by atomic mass is 127. The molecule has 1 rings (SSSR count). The van der Waals surface area contributed by atoms with E-state index in [2.05, 4.69) is 41.4 Å². The summed E-state index contributed by atoms with van der Waals surface area (Å²) in [6, 6.07) is 4.26. The first kappa shape index (κ1) is 9.80. The Hall–Kier alpha value is -0.290. The maximum Gasteiger partial charge on any atom is 0.164 e. The van der Waals surface area contributed by atoms with Gasteiger partial charge in [-0.3, -0.25) is 0 Å². The summed E-state index contributed by atoms with van der Waals surface area (Å²) in [7, 11) is 0. The van der Waals surface area contributed by atoms with Crippen molar-refractivity contribution in [1.82, 2.24) is 5.32 Å². The quantitative estimate of drug-likeness (QED) is 0.676. The smallest absolute Gasteiger partial charge is 0.164 e. The van der Waals surface area contributed by atoms with Gasteiger partial charge in [-0.2, -0.15) is 0 Å². The van der Waals surface area contributed by atoms with Crippen LogP contribution in [0.4, 0.5) is 0 Å². The maximum absolute atomic E-state index is 5.37. The van der Waals surface area contributed by atoms with Crippen LogP contribution in [0.15, 0.2) is 29.2 Å². The molecule has 0 spiro atoms. The van der Waals surface area contributed by atoms with Crippen LogP contribution in [-0.2, 0) is 6.54 Å². The second kappa shape index (κ2) is 4.67. The van der Waals surface area contributed by atoms with Gasteiger partial charge in [0.05, 0.1) is 6.54 Å². The molecule has 0 aliphatic heterocycles. The van der Waals surface area contributed by atoms with Gasteiger partial charge in [-0.05, 0) is 41.6 Å². The second-order valence-electron chi connectivity index (χ2n) is 2.61. The highest BCUT2D eigenvalue weighted by molar-refractivity contribution is 14.1. The van der Waals surface area contributed by atoms with E-state index in [0.717, 1.165) is 16.1 Å². The third-order valence-electron chi connectivity index (χ3n) is 1.58. The molecule has 1 N–H and O–H groups in total. The van der Waals surface area contributed by atoms with Crippen LogP contribution in [0.5, 0.6) is 0 Å². The van der Waals surface area contributed by atoms with Crippen molar-refractivity contribution in [2.75, 3.05) is 0 Å². The molecule has 0 radical (unpaired) electrons. The van der Waals surface area contributed by atoms with Gasteiger partial charge in [0.15, 0.2) is 3.77 Å². The van der Waals surface area contributed by atoms with Crippen LogP contribution in [0.3, 0.4) is 0 Å². The number of rotatable bonds is 4. The lowest BCUT2D eigenvalue weighted by Gasteiger charge is -2.05. The van der Waals surface area contributed by atoms with Gasteiger partial charge in [0, 0.05) is 6.04 Å². The molecule has 1 aromatic rings. The van der Waals surface area contributed by atoms with Gasteiger partial charge in [0.25, 0.3) is 0 Å². The van der Waals surface area contributed by atoms with Crippen LogP contribution >= 0.6 is 22.6 Å². The Morgan fingerprint density at radius 2 is 2.50 bits per heavy atom. The van der Waals surface area contributed by atoms with Crippen LogP contribution in [0.2, 0.25) is 0 Å². The molecule has 0 fully saturated rings. The molecule has 66 valence electrons. The minimum atomic E-state index is 0.327. The molecular formula is C9H12INO. The predicted molar refractivity (Wildman–Crippen MR) is 57.9 cm³/mol. The molecule has 0 aromatic carbocycles. The van der Waals surface area contributed by atoms with Crippen molar-refractivity contribution in [2.45, 2.75) is 19.5 Å². The standard InChI is InChI=1S/C9H12INO/c1-3-7(2)11-6-8-4-5-9(10)12-8/h3-5,7,11H,1,6H2,2H3. The first-order valence-electron chi connectivity index (χ1n) is 3.82. The normalized spacial score (nSPS) is 12.8. The Balaban J connectivity index is 2.37. The van der Waals surface area contributed by atoms with Crippen LogP contribution in [0.25, 0.3) is 0 Å². The van der Waals surface area contributed by atoms with E-state index in [4.69, 9.17) is 4.42 Å². The van der Waals surface area contributed by atoms with Crippen LogP contribution in [-0.4, -0.2) is 6.04 Å². The maximum atomic E-state index is 5.37. The van der Waals surface area contributed by atoms with E-state index in [0.29, 0.717) is 6.04 Å². The Kier molecular flexibility index (Phi) is 3.81. The number of halogens is 1. The summed E-state index contributed by atoms with van der Waals surface area (Å²) >= 11 is 2.15. The summed E-state index contributed by atoms with van der Waals surface area (Å²) < 4.78 is 6.29. The largest absolute Gasteiger partial charge is 0.454 e. The highest BCUT2D eigenvalue weighted by Crippen LogP contribution is 2.09. The zero-order valence-corrected chi connectivity index (χ0v) is 9.17. The zero-order valence-electron chi connectivity index (χ0n) is 7.01. The Morgan fingerprint density at radius 1 is 1.75 bits per heavy atom. The van der Waals surface area contributed by atoms with Gasteiger partial charge >= 0.3 is 0 Å². The molecule has 1 heterocycles. The lowest BCUT2D eigenvalue weighted by atomic mass is 10.3. The van der Waals surface area contributed by atoms with Crippen LogP contribution in [0.1, 0.15) is 12.7 Å². The molecule has 0 saturated heterocycles. The van der Waals surface area contributed by atoms with E-state index < -0.39 is 0 Å². The first-order chi connectivity index (χ1) is 5.72. The number of hydrogen-bond acceptors (Lipinski definition) is 2. The molecule has 0 aliphatic rings. The number of hydrogen-bond donors (Lipinski definition) is 1. The van der Waals surface area contributed by atoms with Crippen molar-refractivity contribution in [3.8, 4) is 0 Å². The van der Waals surface area contributed by atoms with Gasteiger partial charge in [0.2, 0.25) is 0 Å². The van der Waals surface area contributed by atoms with E-state index in [9.17, 15) is 0 Å². The third kappa shape index (κ3) is 2.98. The van der Waals surface area contributed by atoms with Crippen molar-refractivity contribution in [3.63, 3.8) is 0 Å². The minimum absolute atomic E-state index is 0.327. The number of furan rings is 1. The predicted octanol–water partition coefficient (Wildman–Crippen LogP) is 2.55. The summed E-state index contributed by atoms with van der Waals surface area (Å²) in [5.74, 6) is 0.966. The van der Waals surface area contributed by atoms with E-state index in [1.54, 1.807) is 0 Å². The Labute approximate surface area is 86.2 Å². The van der Waals surface area contributed by atoms with Gasteiger partial charge in [0.1, 0.15) is 5.76 Å². The Bertz CT molecular complexity index is 257. The molecule has 3 heteroatoms. The molecule has 1 unspecified atom stereocenters. The van der Waals surface area contributed by atoms with Gasteiger partial charge in [-0.25, -0.2) is 0 Å². The van der Waals surface area contributed by atoms with Crippen LogP contribution in [0, 0.1) is 3.77 Å². The summed E-state index contributed by atoms with van der Waals surface area (Å²) in [5, 5.41) is 3.25. The summed E-state index contributed by atoms with van der Waals surface area (Å²) in [5.41, 5.74) is 0. The zero-order chi connectivity index (χ0) is 8.97. The fraction of sp³-hybridized carbons (Fsp3) is 0.333. The van der Waals surface area contributed by atoms with E-state index in [1.807, 2.05) is 18.2 Å². The Morgan fingerprint density at radius 3 is 3.00 bits per heavy atom. The van der Waals surface area contributed by atoms with Crippen molar-refractivity contribution in [1.29, 1.82) is 0 Å². The fourth-order valence-corrected chi connectivity index (χ4v) is 1.25. The number of nitrogens with one attached hydrogen (secondary N) is 1. The van der Waals surface area contributed by atoms with Crippen molar-refractivity contribution in [3.05, 3.63) is 34.3 Å². The van der Waals surface area contributed by atoms with Crippen LogP contribution < -0.4 is 5.32 Å². The first-order valence-corrected chi connectivity index (χ1v) is 4.90. The third-order valence-corrected chi connectivity index (χ3v) is 2.16.